The maximum absolute atomic E-state index is 10.4. The summed E-state index contributed by atoms with van der Waals surface area (Å²) in [6.45, 7) is 3.56. The van der Waals surface area contributed by atoms with E-state index in [1.54, 1.807) is 0 Å². The molecular formula is C14H23N3O2. The predicted molar refractivity (Wildman–Crippen MR) is 70.7 cm³/mol. The Morgan fingerprint density at radius 2 is 2.37 bits per heavy atom. The number of aliphatic hydroxyl groups is 1. The van der Waals surface area contributed by atoms with Crippen LogP contribution in [-0.2, 0) is 5.60 Å². The maximum Gasteiger partial charge on any atom is 0.259 e. The lowest BCUT2D eigenvalue weighted by atomic mass is 9.80. The van der Waals surface area contributed by atoms with Crippen molar-refractivity contribution in [2.75, 3.05) is 13.1 Å². The molecule has 1 aliphatic carbocycles. The summed E-state index contributed by atoms with van der Waals surface area (Å²) in [5.74, 6) is 2.39. The van der Waals surface area contributed by atoms with Crippen molar-refractivity contribution in [3.8, 4) is 0 Å². The van der Waals surface area contributed by atoms with Crippen molar-refractivity contribution in [1.82, 2.24) is 15.5 Å². The molecule has 2 N–H and O–H groups in total. The van der Waals surface area contributed by atoms with Gasteiger partial charge in [-0.05, 0) is 31.7 Å². The van der Waals surface area contributed by atoms with E-state index in [1.165, 1.54) is 19.3 Å². The van der Waals surface area contributed by atoms with E-state index in [9.17, 15) is 5.11 Å². The Hall–Kier alpha value is -0.940. The second-order valence-corrected chi connectivity index (χ2v) is 6.05. The number of nitrogens with one attached hydrogen (secondary N) is 1. The largest absolute Gasteiger partial charge is 0.379 e. The van der Waals surface area contributed by atoms with E-state index < -0.39 is 5.60 Å². The highest BCUT2D eigenvalue weighted by Crippen LogP contribution is 2.37. The number of hydrogen-bond donors (Lipinski definition) is 2. The third-order valence-corrected chi connectivity index (χ3v) is 4.70. The van der Waals surface area contributed by atoms with E-state index in [0.29, 0.717) is 24.8 Å². The van der Waals surface area contributed by atoms with Crippen LogP contribution in [0.3, 0.4) is 0 Å². The first-order valence-corrected chi connectivity index (χ1v) is 7.48. The van der Waals surface area contributed by atoms with Crippen molar-refractivity contribution >= 4 is 0 Å². The smallest absolute Gasteiger partial charge is 0.259 e. The van der Waals surface area contributed by atoms with E-state index in [2.05, 4.69) is 22.4 Å². The van der Waals surface area contributed by atoms with Crippen LogP contribution in [0.4, 0.5) is 0 Å². The Morgan fingerprint density at radius 1 is 1.47 bits per heavy atom. The van der Waals surface area contributed by atoms with E-state index in [1.807, 2.05) is 0 Å². The van der Waals surface area contributed by atoms with Crippen molar-refractivity contribution in [3.05, 3.63) is 11.7 Å². The van der Waals surface area contributed by atoms with Crippen molar-refractivity contribution < 1.29 is 9.63 Å². The summed E-state index contributed by atoms with van der Waals surface area (Å²) in [4.78, 5) is 4.49. The molecule has 2 fully saturated rings. The summed E-state index contributed by atoms with van der Waals surface area (Å²) < 4.78 is 5.32. The first-order valence-electron chi connectivity index (χ1n) is 7.48. The van der Waals surface area contributed by atoms with Crippen LogP contribution in [0.25, 0.3) is 0 Å². The molecule has 1 aliphatic heterocycles. The average Bonchev–Trinajstić information content (AvgIpc) is 3.08. The van der Waals surface area contributed by atoms with Gasteiger partial charge >= 0.3 is 0 Å². The first kappa shape index (κ1) is 13.1. The molecular weight excluding hydrogens is 242 g/mol. The molecule has 2 heterocycles. The molecule has 3 unspecified atom stereocenters. The van der Waals surface area contributed by atoms with Crippen LogP contribution >= 0.6 is 0 Å². The molecule has 3 rings (SSSR count). The highest BCUT2D eigenvalue weighted by molar-refractivity contribution is 5.06. The monoisotopic (exact) mass is 265 g/mol. The Labute approximate surface area is 113 Å². The minimum absolute atomic E-state index is 0.395. The highest BCUT2D eigenvalue weighted by atomic mass is 16.5. The van der Waals surface area contributed by atoms with Gasteiger partial charge in [0, 0.05) is 12.5 Å². The van der Waals surface area contributed by atoms with Gasteiger partial charge in [-0.25, -0.2) is 0 Å². The molecule has 106 valence electrons. The number of aromatic nitrogens is 2. The fourth-order valence-electron chi connectivity index (χ4n) is 3.35. The van der Waals surface area contributed by atoms with Gasteiger partial charge in [-0.1, -0.05) is 31.3 Å². The molecule has 1 aromatic rings. The fraction of sp³-hybridized carbons (Fsp3) is 0.857. The van der Waals surface area contributed by atoms with Gasteiger partial charge in [0.1, 0.15) is 0 Å². The van der Waals surface area contributed by atoms with Gasteiger partial charge in [-0.3, -0.25) is 0 Å². The van der Waals surface area contributed by atoms with Crippen LogP contribution in [0.1, 0.15) is 63.1 Å². The summed E-state index contributed by atoms with van der Waals surface area (Å²) in [7, 11) is 0. The van der Waals surface area contributed by atoms with Crippen LogP contribution in [0, 0.1) is 5.92 Å². The zero-order valence-electron chi connectivity index (χ0n) is 11.6. The standard InChI is InChI=1S/C14H23N3O2/c1-2-10-4-3-5-11(8-10)12-16-13(19-17-12)14(18)6-7-15-9-14/h10-11,15,18H,2-9H2,1H3. The zero-order valence-corrected chi connectivity index (χ0v) is 11.6. The fourth-order valence-corrected chi connectivity index (χ4v) is 3.35. The van der Waals surface area contributed by atoms with Crippen molar-refractivity contribution in [2.45, 2.75) is 57.0 Å². The molecule has 0 radical (unpaired) electrons. The molecule has 3 atom stereocenters. The number of β-amino-alcohol motifs (C(OH)–C–C–N with tert-alkyl or cyclic N) is 1. The molecule has 19 heavy (non-hydrogen) atoms. The minimum atomic E-state index is -0.954. The molecule has 0 amide bonds. The van der Waals surface area contributed by atoms with E-state index in [-0.39, 0.29) is 0 Å². The Morgan fingerprint density at radius 3 is 3.11 bits per heavy atom. The molecule has 2 aliphatic rings. The molecule has 1 saturated heterocycles. The molecule has 1 saturated carbocycles. The highest BCUT2D eigenvalue weighted by Gasteiger charge is 2.39. The molecule has 1 aromatic heterocycles. The Kier molecular flexibility index (Phi) is 3.58. The van der Waals surface area contributed by atoms with Gasteiger partial charge in [-0.15, -0.1) is 0 Å². The predicted octanol–water partition coefficient (Wildman–Crippen LogP) is 1.93. The average molecular weight is 265 g/mol. The lowest BCUT2D eigenvalue weighted by Crippen LogP contribution is -2.28. The van der Waals surface area contributed by atoms with Crippen LogP contribution in [0.2, 0.25) is 0 Å². The lowest BCUT2D eigenvalue weighted by molar-refractivity contribution is 0.0243. The van der Waals surface area contributed by atoms with Crippen molar-refractivity contribution in [3.63, 3.8) is 0 Å². The number of nitrogens with zero attached hydrogens (tertiary/aromatic N) is 2. The number of hydrogen-bond acceptors (Lipinski definition) is 5. The third-order valence-electron chi connectivity index (χ3n) is 4.70. The van der Waals surface area contributed by atoms with E-state index in [4.69, 9.17) is 4.52 Å². The van der Waals surface area contributed by atoms with Crippen LogP contribution in [0.5, 0.6) is 0 Å². The second kappa shape index (κ2) is 5.21. The van der Waals surface area contributed by atoms with Crippen molar-refractivity contribution in [1.29, 1.82) is 0 Å². The lowest BCUT2D eigenvalue weighted by Gasteiger charge is -2.26. The molecule has 0 aromatic carbocycles. The zero-order chi connectivity index (χ0) is 13.3. The summed E-state index contributed by atoms with van der Waals surface area (Å²) in [5.41, 5.74) is -0.954. The minimum Gasteiger partial charge on any atom is -0.379 e. The maximum atomic E-state index is 10.4. The van der Waals surface area contributed by atoms with Gasteiger partial charge < -0.3 is 14.9 Å². The molecule has 5 heteroatoms. The summed E-state index contributed by atoms with van der Waals surface area (Å²) in [5, 5.41) is 17.7. The summed E-state index contributed by atoms with van der Waals surface area (Å²) in [6, 6.07) is 0. The van der Waals surface area contributed by atoms with Crippen LogP contribution < -0.4 is 5.32 Å². The van der Waals surface area contributed by atoms with E-state index in [0.717, 1.165) is 31.1 Å². The van der Waals surface area contributed by atoms with Crippen LogP contribution in [0.15, 0.2) is 4.52 Å². The number of rotatable bonds is 3. The van der Waals surface area contributed by atoms with Gasteiger partial charge in [0.2, 0.25) is 0 Å². The van der Waals surface area contributed by atoms with Gasteiger partial charge in [-0.2, -0.15) is 4.98 Å². The topological polar surface area (TPSA) is 71.2 Å². The SMILES string of the molecule is CCC1CCCC(c2noc(C3(O)CCNC3)n2)C1. The normalized spacial score (nSPS) is 35.7. The summed E-state index contributed by atoms with van der Waals surface area (Å²) in [6.07, 6.45) is 6.76. The van der Waals surface area contributed by atoms with E-state index >= 15 is 0 Å². The van der Waals surface area contributed by atoms with Crippen LogP contribution in [-0.4, -0.2) is 28.3 Å². The second-order valence-electron chi connectivity index (χ2n) is 6.05. The molecule has 0 spiro atoms. The van der Waals surface area contributed by atoms with Gasteiger partial charge in [0.25, 0.3) is 5.89 Å². The van der Waals surface area contributed by atoms with Crippen molar-refractivity contribution in [2.24, 2.45) is 5.92 Å². The quantitative estimate of drug-likeness (QED) is 0.874. The molecule has 5 nitrogen and oxygen atoms in total. The Bertz CT molecular complexity index is 426. The summed E-state index contributed by atoms with van der Waals surface area (Å²) >= 11 is 0. The van der Waals surface area contributed by atoms with Gasteiger partial charge in [0.05, 0.1) is 0 Å². The molecule has 0 bridgehead atoms. The Balaban J connectivity index is 1.74. The third kappa shape index (κ3) is 2.54. The van der Waals surface area contributed by atoms with Gasteiger partial charge in [0.15, 0.2) is 11.4 Å². The first-order chi connectivity index (χ1) is 9.21.